The summed E-state index contributed by atoms with van der Waals surface area (Å²) < 4.78 is 41.0. The summed E-state index contributed by atoms with van der Waals surface area (Å²) in [6.45, 7) is 1.76. The zero-order valence-corrected chi connectivity index (χ0v) is 19.3. The Labute approximate surface area is 204 Å². The molecule has 0 bridgehead atoms. The van der Waals surface area contributed by atoms with Crippen LogP contribution in [0, 0.1) is 0 Å². The van der Waals surface area contributed by atoms with E-state index in [0.29, 0.717) is 0 Å². The molecule has 1 N–H and O–H groups in total. The maximum atomic E-state index is 13.3. The van der Waals surface area contributed by atoms with Gasteiger partial charge in [-0.25, -0.2) is 9.97 Å². The lowest BCUT2D eigenvalue weighted by molar-refractivity contribution is -0.137. The van der Waals surface area contributed by atoms with Gasteiger partial charge >= 0.3 is 6.18 Å². The summed E-state index contributed by atoms with van der Waals surface area (Å²) in [5.74, 6) is 0.290. The highest BCUT2D eigenvalue weighted by molar-refractivity contribution is 6.07. The second-order valence-electron chi connectivity index (χ2n) is 8.61. The van der Waals surface area contributed by atoms with Crippen molar-refractivity contribution in [3.05, 3.63) is 82.3 Å². The van der Waals surface area contributed by atoms with Gasteiger partial charge in [0.05, 0.1) is 16.6 Å². The average Bonchev–Trinajstić information content (AvgIpc) is 3.41. The zero-order chi connectivity index (χ0) is 25.4. The molecule has 36 heavy (non-hydrogen) atoms. The Morgan fingerprint density at radius 3 is 2.44 bits per heavy atom. The highest BCUT2D eigenvalue weighted by Crippen LogP contribution is 2.32. The summed E-state index contributed by atoms with van der Waals surface area (Å²) in [4.78, 5) is 37.2. The number of benzene rings is 2. The molecule has 0 spiro atoms. The minimum atomic E-state index is -4.54. The van der Waals surface area contributed by atoms with Gasteiger partial charge in [-0.2, -0.15) is 13.2 Å². The van der Waals surface area contributed by atoms with Crippen LogP contribution in [0.3, 0.4) is 0 Å². The van der Waals surface area contributed by atoms with E-state index in [9.17, 15) is 22.8 Å². The van der Waals surface area contributed by atoms with Crippen LogP contribution in [-0.4, -0.2) is 33.5 Å². The number of fused-ring (bicyclic) bond motifs is 1. The van der Waals surface area contributed by atoms with Gasteiger partial charge in [0.25, 0.3) is 11.5 Å². The maximum absolute atomic E-state index is 13.3. The van der Waals surface area contributed by atoms with Crippen molar-refractivity contribution in [3.8, 4) is 11.4 Å². The second-order valence-corrected chi connectivity index (χ2v) is 8.61. The van der Waals surface area contributed by atoms with Crippen molar-refractivity contribution in [3.63, 3.8) is 0 Å². The number of carbonyl (C=O) groups is 1. The molecule has 1 aliphatic rings. The van der Waals surface area contributed by atoms with Crippen LogP contribution in [0.15, 0.2) is 65.5 Å². The molecule has 0 radical (unpaired) electrons. The molecule has 1 fully saturated rings. The highest BCUT2D eigenvalue weighted by atomic mass is 19.4. The van der Waals surface area contributed by atoms with Gasteiger partial charge < -0.3 is 10.2 Å². The van der Waals surface area contributed by atoms with Crippen LogP contribution < -0.4 is 15.8 Å². The molecule has 0 atom stereocenters. The van der Waals surface area contributed by atoms with E-state index in [4.69, 9.17) is 0 Å². The Hall–Kier alpha value is -4.21. The highest BCUT2D eigenvalue weighted by Gasteiger charge is 2.31. The molecule has 7 nitrogen and oxygen atoms in total. The number of nitrogens with one attached hydrogen (secondary N) is 1. The molecular weight excluding hydrogens is 471 g/mol. The molecule has 1 amide bonds. The third kappa shape index (κ3) is 4.41. The van der Waals surface area contributed by atoms with Gasteiger partial charge in [-0.05, 0) is 49.2 Å². The van der Waals surface area contributed by atoms with Crippen molar-refractivity contribution < 1.29 is 18.0 Å². The maximum Gasteiger partial charge on any atom is 0.416 e. The number of para-hydroxylation sites is 1. The molecule has 0 unspecified atom stereocenters. The SMILES string of the molecule is Cn1c(-c2cccc(C(F)(F)F)c2)nc2c(NC(=O)c3cccc(N4CCCC4)n3)cccc2c1=O. The van der Waals surface area contributed by atoms with Crippen LogP contribution in [0.5, 0.6) is 0 Å². The molecule has 10 heteroatoms. The predicted octanol–water partition coefficient (Wildman–Crippen LogP) is 4.87. The summed E-state index contributed by atoms with van der Waals surface area (Å²) in [5.41, 5.74) is -0.516. The quantitative estimate of drug-likeness (QED) is 0.439. The number of nitrogens with zero attached hydrogens (tertiary/aromatic N) is 4. The first-order valence-electron chi connectivity index (χ1n) is 11.4. The molecule has 0 saturated carbocycles. The van der Waals surface area contributed by atoms with Crippen LogP contribution in [0.2, 0.25) is 0 Å². The smallest absolute Gasteiger partial charge is 0.357 e. The lowest BCUT2D eigenvalue weighted by Crippen LogP contribution is -2.22. The van der Waals surface area contributed by atoms with E-state index in [1.165, 1.54) is 23.7 Å². The number of halogens is 3. The fraction of sp³-hybridized carbons (Fsp3) is 0.231. The van der Waals surface area contributed by atoms with E-state index >= 15 is 0 Å². The van der Waals surface area contributed by atoms with Gasteiger partial charge in [-0.3, -0.25) is 14.2 Å². The van der Waals surface area contributed by atoms with Crippen molar-refractivity contribution in [2.24, 2.45) is 7.05 Å². The first kappa shape index (κ1) is 23.5. The van der Waals surface area contributed by atoms with Crippen molar-refractivity contribution >= 4 is 28.3 Å². The van der Waals surface area contributed by atoms with Gasteiger partial charge in [-0.15, -0.1) is 0 Å². The van der Waals surface area contributed by atoms with Crippen LogP contribution in [0.4, 0.5) is 24.7 Å². The predicted molar refractivity (Wildman–Crippen MR) is 131 cm³/mol. The minimum absolute atomic E-state index is 0.0504. The molecule has 2 aromatic heterocycles. The van der Waals surface area contributed by atoms with Crippen LogP contribution in [0.25, 0.3) is 22.3 Å². The molecular formula is C26H22F3N5O2. The topological polar surface area (TPSA) is 80.1 Å². The van der Waals surface area contributed by atoms with E-state index in [1.807, 2.05) is 6.07 Å². The van der Waals surface area contributed by atoms with E-state index < -0.39 is 23.2 Å². The number of pyridine rings is 1. The van der Waals surface area contributed by atoms with Gasteiger partial charge in [0.2, 0.25) is 0 Å². The minimum Gasteiger partial charge on any atom is -0.357 e. The fourth-order valence-corrected chi connectivity index (χ4v) is 4.35. The van der Waals surface area contributed by atoms with Gasteiger partial charge in [0.15, 0.2) is 0 Å². The fourth-order valence-electron chi connectivity index (χ4n) is 4.35. The van der Waals surface area contributed by atoms with E-state index in [0.717, 1.165) is 43.9 Å². The number of rotatable bonds is 4. The third-order valence-corrected chi connectivity index (χ3v) is 6.20. The number of alkyl halides is 3. The number of anilines is 2. The first-order valence-corrected chi connectivity index (χ1v) is 11.4. The molecule has 0 aliphatic carbocycles. The summed E-state index contributed by atoms with van der Waals surface area (Å²) >= 11 is 0. The summed E-state index contributed by atoms with van der Waals surface area (Å²) in [7, 11) is 1.45. The van der Waals surface area contributed by atoms with Crippen molar-refractivity contribution in [2.75, 3.05) is 23.3 Å². The second kappa shape index (κ2) is 9.10. The summed E-state index contributed by atoms with van der Waals surface area (Å²) in [5, 5.41) is 3.00. The van der Waals surface area contributed by atoms with Crippen LogP contribution >= 0.6 is 0 Å². The molecule has 3 heterocycles. The largest absolute Gasteiger partial charge is 0.416 e. The molecule has 4 aromatic rings. The lowest BCUT2D eigenvalue weighted by Gasteiger charge is -2.17. The van der Waals surface area contributed by atoms with Crippen LogP contribution in [0.1, 0.15) is 28.9 Å². The molecule has 5 rings (SSSR count). The monoisotopic (exact) mass is 493 g/mol. The standard InChI is InChI=1S/C26H22F3N5O2/c1-33-23(16-7-4-8-17(15-16)26(27,28)29)32-22-18(25(33)36)9-5-10-19(22)31-24(35)20-11-6-12-21(30-20)34-13-2-3-14-34/h4-12,15H,2-3,13-14H2,1H3,(H,31,35). The van der Waals surface area contributed by atoms with Gasteiger partial charge in [0.1, 0.15) is 22.9 Å². The Morgan fingerprint density at radius 2 is 1.69 bits per heavy atom. The number of aromatic nitrogens is 3. The normalized spacial score (nSPS) is 13.8. The Balaban J connectivity index is 1.55. The molecule has 184 valence electrons. The van der Waals surface area contributed by atoms with Crippen molar-refractivity contribution in [1.82, 2.24) is 14.5 Å². The lowest BCUT2D eigenvalue weighted by atomic mass is 10.1. The number of amides is 1. The number of carbonyl (C=O) groups excluding carboxylic acids is 1. The van der Waals surface area contributed by atoms with Crippen molar-refractivity contribution in [1.29, 1.82) is 0 Å². The van der Waals surface area contributed by atoms with Gasteiger partial charge in [-0.1, -0.05) is 24.3 Å². The van der Waals surface area contributed by atoms with E-state index in [-0.39, 0.29) is 33.7 Å². The van der Waals surface area contributed by atoms with E-state index in [2.05, 4.69) is 20.2 Å². The Bertz CT molecular complexity index is 1520. The van der Waals surface area contributed by atoms with Crippen LogP contribution in [-0.2, 0) is 13.2 Å². The summed E-state index contributed by atoms with van der Waals surface area (Å²) in [6, 6.07) is 14.6. The molecule has 1 aliphatic heterocycles. The number of hydrogen-bond acceptors (Lipinski definition) is 5. The molecule has 1 saturated heterocycles. The first-order chi connectivity index (χ1) is 17.2. The third-order valence-electron chi connectivity index (χ3n) is 6.20. The van der Waals surface area contributed by atoms with Gasteiger partial charge in [0, 0.05) is 25.7 Å². The van der Waals surface area contributed by atoms with E-state index in [1.54, 1.807) is 30.3 Å². The van der Waals surface area contributed by atoms with Crippen molar-refractivity contribution in [2.45, 2.75) is 19.0 Å². The molecule has 2 aromatic carbocycles. The number of hydrogen-bond donors (Lipinski definition) is 1. The Morgan fingerprint density at radius 1 is 0.972 bits per heavy atom. The summed E-state index contributed by atoms with van der Waals surface area (Å²) in [6.07, 6.45) is -2.40. The Kier molecular flexibility index (Phi) is 5.95. The average molecular weight is 493 g/mol. The zero-order valence-electron chi connectivity index (χ0n) is 19.3.